The molecule has 1 fully saturated rings. The fraction of sp³-hybridized carbons (Fsp3) is 0.270. The smallest absolute Gasteiger partial charge is 0.306 e. The molecule has 0 bridgehead atoms. The number of Topliss-reactive ketones (excluding diaryl/α,β-unsaturated/α-hetero) is 1. The molecule has 0 radical (unpaired) electrons. The molecular formula is C37H35NO7. The number of methoxy groups -OCH3 is 2. The average molecular weight is 606 g/mol. The van der Waals surface area contributed by atoms with Gasteiger partial charge in [-0.2, -0.15) is 0 Å². The molecule has 8 heteroatoms. The molecule has 0 unspecified atom stereocenters. The number of esters is 1. The van der Waals surface area contributed by atoms with E-state index in [-0.39, 0.29) is 30.2 Å². The molecule has 0 saturated heterocycles. The van der Waals surface area contributed by atoms with Crippen molar-refractivity contribution in [3.8, 4) is 28.7 Å². The summed E-state index contributed by atoms with van der Waals surface area (Å²) in [5, 5.41) is 2.59. The molecule has 1 aromatic heterocycles. The van der Waals surface area contributed by atoms with Crippen LogP contribution in [0.5, 0.6) is 28.7 Å². The number of rotatable bonds is 13. The summed E-state index contributed by atoms with van der Waals surface area (Å²) < 4.78 is 29.0. The summed E-state index contributed by atoms with van der Waals surface area (Å²) in [6.45, 7) is 2.44. The number of fused-ring (bicyclic) bond motifs is 2. The van der Waals surface area contributed by atoms with E-state index in [2.05, 4.69) is 4.98 Å². The van der Waals surface area contributed by atoms with E-state index in [1.165, 1.54) is 0 Å². The monoisotopic (exact) mass is 605 g/mol. The fourth-order valence-electron chi connectivity index (χ4n) is 5.40. The van der Waals surface area contributed by atoms with Gasteiger partial charge in [-0.25, -0.2) is 0 Å². The van der Waals surface area contributed by atoms with E-state index in [0.29, 0.717) is 47.1 Å². The van der Waals surface area contributed by atoms with Gasteiger partial charge in [-0.3, -0.25) is 14.6 Å². The fourth-order valence-corrected chi connectivity index (χ4v) is 5.40. The van der Waals surface area contributed by atoms with Crippen molar-refractivity contribution in [3.63, 3.8) is 0 Å². The van der Waals surface area contributed by atoms with Gasteiger partial charge in [0.15, 0.2) is 17.3 Å². The maximum atomic E-state index is 12.7. The van der Waals surface area contributed by atoms with Crippen LogP contribution in [0.15, 0.2) is 85.1 Å². The van der Waals surface area contributed by atoms with Gasteiger partial charge in [0.2, 0.25) is 0 Å². The Balaban J connectivity index is 1.14. The number of hydrogen-bond donors (Lipinski definition) is 0. The predicted molar refractivity (Wildman–Crippen MR) is 172 cm³/mol. The van der Waals surface area contributed by atoms with Gasteiger partial charge < -0.3 is 23.7 Å². The molecule has 1 heterocycles. The summed E-state index contributed by atoms with van der Waals surface area (Å²) in [5.41, 5.74) is 2.04. The molecule has 0 N–H and O–H groups in total. The molecule has 1 aliphatic rings. The van der Waals surface area contributed by atoms with Crippen molar-refractivity contribution in [1.29, 1.82) is 0 Å². The maximum Gasteiger partial charge on any atom is 0.306 e. The second kappa shape index (κ2) is 12.9. The Bertz CT molecular complexity index is 1860. The first kappa shape index (κ1) is 29.9. The Morgan fingerprint density at radius 1 is 0.822 bits per heavy atom. The Labute approximate surface area is 261 Å². The van der Waals surface area contributed by atoms with E-state index in [1.807, 2.05) is 79.7 Å². The van der Waals surface area contributed by atoms with Crippen LogP contribution in [0, 0.1) is 5.41 Å². The number of ketones is 1. The first-order valence-electron chi connectivity index (χ1n) is 15.0. The molecule has 5 aromatic rings. The third kappa shape index (κ3) is 6.70. The lowest BCUT2D eigenvalue weighted by Crippen LogP contribution is -2.19. The van der Waals surface area contributed by atoms with Gasteiger partial charge in [0.05, 0.1) is 32.8 Å². The molecule has 0 atom stereocenters. The molecule has 0 aliphatic heterocycles. The topological polar surface area (TPSA) is 93.2 Å². The maximum absolute atomic E-state index is 12.7. The Kier molecular flexibility index (Phi) is 8.56. The molecular weight excluding hydrogens is 570 g/mol. The molecule has 1 saturated carbocycles. The summed E-state index contributed by atoms with van der Waals surface area (Å²) in [5.74, 6) is 2.96. The first-order valence-corrected chi connectivity index (χ1v) is 15.0. The second-order valence-corrected chi connectivity index (χ2v) is 11.4. The number of nitrogens with zero attached hydrogens (tertiary/aromatic N) is 1. The second-order valence-electron chi connectivity index (χ2n) is 11.4. The number of aromatic nitrogens is 1. The summed E-state index contributed by atoms with van der Waals surface area (Å²) >= 11 is 0. The molecule has 1 aliphatic carbocycles. The molecule has 45 heavy (non-hydrogen) atoms. The van der Waals surface area contributed by atoms with Crippen molar-refractivity contribution in [2.24, 2.45) is 5.41 Å². The van der Waals surface area contributed by atoms with Crippen molar-refractivity contribution in [1.82, 2.24) is 4.98 Å². The van der Waals surface area contributed by atoms with Crippen LogP contribution in [0.4, 0.5) is 0 Å². The average Bonchev–Trinajstić information content (AvgIpc) is 3.84. The summed E-state index contributed by atoms with van der Waals surface area (Å²) in [6.07, 6.45) is 4.20. The third-order valence-electron chi connectivity index (χ3n) is 8.26. The predicted octanol–water partition coefficient (Wildman–Crippen LogP) is 8.08. The lowest BCUT2D eigenvalue weighted by Gasteiger charge is -2.18. The lowest BCUT2D eigenvalue weighted by molar-refractivity contribution is -0.146. The van der Waals surface area contributed by atoms with E-state index in [1.54, 1.807) is 26.5 Å². The molecule has 4 aromatic carbocycles. The zero-order valence-electron chi connectivity index (χ0n) is 25.6. The van der Waals surface area contributed by atoms with Gasteiger partial charge in [-0.15, -0.1) is 0 Å². The van der Waals surface area contributed by atoms with Crippen molar-refractivity contribution in [2.45, 2.75) is 39.2 Å². The highest BCUT2D eigenvalue weighted by Crippen LogP contribution is 2.50. The van der Waals surface area contributed by atoms with Crippen molar-refractivity contribution < 1.29 is 33.3 Å². The quantitative estimate of drug-likeness (QED) is 0.0982. The number of hydrogen-bond acceptors (Lipinski definition) is 8. The van der Waals surface area contributed by atoms with E-state index in [0.717, 1.165) is 40.3 Å². The summed E-state index contributed by atoms with van der Waals surface area (Å²) in [7, 11) is 3.20. The van der Waals surface area contributed by atoms with Gasteiger partial charge in [0, 0.05) is 35.0 Å². The van der Waals surface area contributed by atoms with Crippen LogP contribution in [0.25, 0.3) is 21.7 Å². The Morgan fingerprint density at radius 3 is 2.36 bits per heavy atom. The van der Waals surface area contributed by atoms with Gasteiger partial charge in [0.25, 0.3) is 0 Å². The van der Waals surface area contributed by atoms with Crippen LogP contribution < -0.4 is 18.9 Å². The zero-order valence-corrected chi connectivity index (χ0v) is 25.6. The van der Waals surface area contributed by atoms with Gasteiger partial charge in [-0.1, -0.05) is 37.3 Å². The van der Waals surface area contributed by atoms with Crippen LogP contribution in [0.2, 0.25) is 0 Å². The summed E-state index contributed by atoms with van der Waals surface area (Å²) in [6, 6.07) is 24.4. The normalized spacial score (nSPS) is 13.3. The van der Waals surface area contributed by atoms with Crippen molar-refractivity contribution in [3.05, 3.63) is 96.2 Å². The number of benzene rings is 4. The van der Waals surface area contributed by atoms with Crippen LogP contribution in [-0.2, 0) is 16.1 Å². The molecule has 230 valence electrons. The standard InChI is InChI=1S/C37H35NO7/c1-4-32(39)29-7-5-6-25-18-27(12-13-28(25)29)45-33-14-17-38-31-20-35(34(42-3)19-30(31)33)44-23-37(15-16-37)21-36(40)43-22-24-8-10-26(41-2)11-9-24/h5-14,17-20H,4,15-16,21-23H2,1-3H3. The van der Waals surface area contributed by atoms with Crippen LogP contribution >= 0.6 is 0 Å². The highest BCUT2D eigenvalue weighted by Gasteiger charge is 2.46. The highest BCUT2D eigenvalue weighted by atomic mass is 16.5. The number of carbonyl (C=O) groups excluding carboxylic acids is 2. The van der Waals surface area contributed by atoms with Gasteiger partial charge >= 0.3 is 5.97 Å². The molecule has 6 rings (SSSR count). The number of carbonyl (C=O) groups is 2. The van der Waals surface area contributed by atoms with Crippen LogP contribution in [0.3, 0.4) is 0 Å². The first-order chi connectivity index (χ1) is 21.9. The Morgan fingerprint density at radius 2 is 1.62 bits per heavy atom. The highest BCUT2D eigenvalue weighted by molar-refractivity contribution is 6.08. The lowest BCUT2D eigenvalue weighted by atomic mass is 10.00. The Hall–Kier alpha value is -5.11. The molecule has 0 amide bonds. The zero-order chi connectivity index (χ0) is 31.4. The molecule has 0 spiro atoms. The number of ether oxygens (including phenoxy) is 5. The number of pyridine rings is 1. The minimum atomic E-state index is -0.257. The van der Waals surface area contributed by atoms with E-state index in [4.69, 9.17) is 23.7 Å². The summed E-state index contributed by atoms with van der Waals surface area (Å²) in [4.78, 5) is 29.6. The minimum absolute atomic E-state index is 0.108. The van der Waals surface area contributed by atoms with Gasteiger partial charge in [0.1, 0.15) is 23.9 Å². The van der Waals surface area contributed by atoms with E-state index in [9.17, 15) is 9.59 Å². The largest absolute Gasteiger partial charge is 0.497 e. The van der Waals surface area contributed by atoms with Crippen LogP contribution in [0.1, 0.15) is 48.5 Å². The third-order valence-corrected chi connectivity index (χ3v) is 8.26. The van der Waals surface area contributed by atoms with E-state index < -0.39 is 0 Å². The van der Waals surface area contributed by atoms with Gasteiger partial charge in [-0.05, 0) is 71.6 Å². The SMILES string of the molecule is CCC(=O)c1cccc2cc(Oc3ccnc4cc(OCC5(CC(=O)OCc6ccc(OC)cc6)CC5)c(OC)cc34)ccc12. The minimum Gasteiger partial charge on any atom is -0.497 e. The van der Waals surface area contributed by atoms with Crippen molar-refractivity contribution in [2.75, 3.05) is 20.8 Å². The van der Waals surface area contributed by atoms with E-state index >= 15 is 0 Å². The molecule has 8 nitrogen and oxygen atoms in total. The van der Waals surface area contributed by atoms with Crippen molar-refractivity contribution >= 4 is 33.4 Å². The van der Waals surface area contributed by atoms with Crippen LogP contribution in [-0.4, -0.2) is 37.6 Å².